The van der Waals surface area contributed by atoms with Gasteiger partial charge in [0.25, 0.3) is 0 Å². The van der Waals surface area contributed by atoms with Gasteiger partial charge in [0.1, 0.15) is 6.07 Å². The molecule has 0 spiro atoms. The average Bonchev–Trinajstić information content (AvgIpc) is 2.63. The quantitative estimate of drug-likeness (QED) is 0.570. The Balaban J connectivity index is 2.64. The van der Waals surface area contributed by atoms with Gasteiger partial charge < -0.3 is 4.57 Å². The summed E-state index contributed by atoms with van der Waals surface area (Å²) in [6.07, 6.45) is 0. The first kappa shape index (κ1) is 9.92. The summed E-state index contributed by atoms with van der Waals surface area (Å²) in [4.78, 5) is 0. The van der Waals surface area contributed by atoms with Gasteiger partial charge in [-0.2, -0.15) is 5.26 Å². The van der Waals surface area contributed by atoms with Gasteiger partial charge in [-0.15, -0.1) is 0 Å². The van der Waals surface area contributed by atoms with Gasteiger partial charge in [-0.1, -0.05) is 23.8 Å². The molecular weight excluding hydrogens is 208 g/mol. The Morgan fingerprint density at radius 2 is 1.94 bits per heavy atom. The molecule has 0 bridgehead atoms. The SMILES string of the molecule is Cc1ccc2c(c1)c1cccc(C#N)c1n2C. The van der Waals surface area contributed by atoms with Crippen LogP contribution in [0, 0.1) is 18.3 Å². The smallest absolute Gasteiger partial charge is 0.101 e. The van der Waals surface area contributed by atoms with Crippen molar-refractivity contribution in [1.29, 1.82) is 5.26 Å². The van der Waals surface area contributed by atoms with Crippen LogP contribution in [-0.2, 0) is 7.05 Å². The van der Waals surface area contributed by atoms with Gasteiger partial charge in [0, 0.05) is 23.3 Å². The zero-order valence-electron chi connectivity index (χ0n) is 9.86. The third kappa shape index (κ3) is 1.26. The molecule has 0 atom stereocenters. The molecule has 0 saturated carbocycles. The lowest BCUT2D eigenvalue weighted by Crippen LogP contribution is -1.89. The summed E-state index contributed by atoms with van der Waals surface area (Å²) in [6, 6.07) is 14.6. The predicted molar refractivity (Wildman–Crippen MR) is 69.9 cm³/mol. The van der Waals surface area contributed by atoms with Crippen LogP contribution in [0.1, 0.15) is 11.1 Å². The number of aromatic nitrogens is 1. The van der Waals surface area contributed by atoms with E-state index >= 15 is 0 Å². The first-order valence-corrected chi connectivity index (χ1v) is 5.60. The third-order valence-electron chi connectivity index (χ3n) is 3.30. The van der Waals surface area contributed by atoms with Crippen LogP contribution in [0.3, 0.4) is 0 Å². The fraction of sp³-hybridized carbons (Fsp3) is 0.133. The summed E-state index contributed by atoms with van der Waals surface area (Å²) in [6.45, 7) is 2.09. The number of aryl methyl sites for hydroxylation is 2. The molecule has 2 heteroatoms. The maximum absolute atomic E-state index is 9.18. The Morgan fingerprint density at radius 3 is 2.71 bits per heavy atom. The molecule has 0 saturated heterocycles. The molecule has 0 aliphatic heterocycles. The van der Waals surface area contributed by atoms with Crippen LogP contribution in [0.5, 0.6) is 0 Å². The summed E-state index contributed by atoms with van der Waals surface area (Å²) in [5.41, 5.74) is 4.18. The first-order valence-electron chi connectivity index (χ1n) is 5.60. The largest absolute Gasteiger partial charge is 0.343 e. The van der Waals surface area contributed by atoms with Crippen molar-refractivity contribution in [2.75, 3.05) is 0 Å². The monoisotopic (exact) mass is 220 g/mol. The molecule has 2 aromatic carbocycles. The molecule has 82 valence electrons. The minimum atomic E-state index is 0.735. The summed E-state index contributed by atoms with van der Waals surface area (Å²) in [7, 11) is 2.01. The van der Waals surface area contributed by atoms with Crippen molar-refractivity contribution in [2.24, 2.45) is 7.05 Å². The summed E-state index contributed by atoms with van der Waals surface area (Å²) in [5.74, 6) is 0. The van der Waals surface area contributed by atoms with Gasteiger partial charge in [0.2, 0.25) is 0 Å². The van der Waals surface area contributed by atoms with Crippen LogP contribution >= 0.6 is 0 Å². The number of benzene rings is 2. The molecule has 0 unspecified atom stereocenters. The number of para-hydroxylation sites is 1. The molecule has 0 fully saturated rings. The summed E-state index contributed by atoms with van der Waals surface area (Å²) >= 11 is 0. The van der Waals surface area contributed by atoms with Crippen molar-refractivity contribution in [3.05, 3.63) is 47.5 Å². The molecule has 2 nitrogen and oxygen atoms in total. The second kappa shape index (κ2) is 3.36. The molecule has 3 aromatic rings. The maximum Gasteiger partial charge on any atom is 0.101 e. The molecular formula is C15H12N2. The lowest BCUT2D eigenvalue weighted by atomic mass is 10.1. The van der Waals surface area contributed by atoms with Crippen molar-refractivity contribution in [1.82, 2.24) is 4.57 Å². The van der Waals surface area contributed by atoms with E-state index in [1.807, 2.05) is 19.2 Å². The fourth-order valence-corrected chi connectivity index (χ4v) is 2.49. The lowest BCUT2D eigenvalue weighted by Gasteiger charge is -1.99. The van der Waals surface area contributed by atoms with E-state index in [9.17, 15) is 5.26 Å². The van der Waals surface area contributed by atoms with E-state index in [1.165, 1.54) is 16.5 Å². The summed E-state index contributed by atoms with van der Waals surface area (Å²) in [5, 5.41) is 11.6. The van der Waals surface area contributed by atoms with Crippen molar-refractivity contribution in [2.45, 2.75) is 6.92 Å². The second-order valence-electron chi connectivity index (χ2n) is 4.39. The van der Waals surface area contributed by atoms with Gasteiger partial charge in [-0.25, -0.2) is 0 Å². The number of nitrogens with zero attached hydrogens (tertiary/aromatic N) is 2. The standard InChI is InChI=1S/C15H12N2/c1-10-6-7-14-13(8-10)12-5-3-4-11(9-16)15(12)17(14)2/h3-8H,1-2H3. The van der Waals surface area contributed by atoms with Crippen molar-refractivity contribution in [3.63, 3.8) is 0 Å². The van der Waals surface area contributed by atoms with Gasteiger partial charge in [-0.05, 0) is 25.1 Å². The van der Waals surface area contributed by atoms with Crippen LogP contribution in [0.15, 0.2) is 36.4 Å². The zero-order valence-corrected chi connectivity index (χ0v) is 9.86. The van der Waals surface area contributed by atoms with Gasteiger partial charge >= 0.3 is 0 Å². The number of fused-ring (bicyclic) bond motifs is 3. The molecule has 0 amide bonds. The average molecular weight is 220 g/mol. The number of hydrogen-bond donors (Lipinski definition) is 0. The maximum atomic E-state index is 9.18. The zero-order chi connectivity index (χ0) is 12.0. The highest BCUT2D eigenvalue weighted by molar-refractivity contribution is 6.09. The minimum Gasteiger partial charge on any atom is -0.343 e. The van der Waals surface area contributed by atoms with Crippen LogP contribution in [0.4, 0.5) is 0 Å². The van der Waals surface area contributed by atoms with Gasteiger partial charge in [-0.3, -0.25) is 0 Å². The molecule has 0 radical (unpaired) electrons. The molecule has 3 rings (SSSR count). The summed E-state index contributed by atoms with van der Waals surface area (Å²) < 4.78 is 2.10. The van der Waals surface area contributed by atoms with Crippen molar-refractivity contribution in [3.8, 4) is 6.07 Å². The third-order valence-corrected chi connectivity index (χ3v) is 3.30. The van der Waals surface area contributed by atoms with E-state index in [0.29, 0.717) is 0 Å². The predicted octanol–water partition coefficient (Wildman–Crippen LogP) is 3.51. The van der Waals surface area contributed by atoms with Gasteiger partial charge in [0.05, 0.1) is 11.1 Å². The Labute approximate surface area is 99.7 Å². The molecule has 0 N–H and O–H groups in total. The fourth-order valence-electron chi connectivity index (χ4n) is 2.49. The minimum absolute atomic E-state index is 0.735. The number of hydrogen-bond acceptors (Lipinski definition) is 1. The Bertz CT molecular complexity index is 773. The molecule has 0 aliphatic rings. The van der Waals surface area contributed by atoms with Crippen molar-refractivity contribution < 1.29 is 0 Å². The highest BCUT2D eigenvalue weighted by atomic mass is 14.9. The number of nitriles is 1. The van der Waals surface area contributed by atoms with E-state index < -0.39 is 0 Å². The van der Waals surface area contributed by atoms with E-state index in [0.717, 1.165) is 16.5 Å². The molecule has 1 aromatic heterocycles. The lowest BCUT2D eigenvalue weighted by molar-refractivity contribution is 1.01. The highest BCUT2D eigenvalue weighted by Gasteiger charge is 2.10. The van der Waals surface area contributed by atoms with Crippen LogP contribution in [0.2, 0.25) is 0 Å². The van der Waals surface area contributed by atoms with Crippen LogP contribution < -0.4 is 0 Å². The van der Waals surface area contributed by atoms with E-state index in [-0.39, 0.29) is 0 Å². The Hall–Kier alpha value is -2.27. The normalized spacial score (nSPS) is 10.9. The van der Waals surface area contributed by atoms with E-state index in [2.05, 4.69) is 41.8 Å². The Morgan fingerprint density at radius 1 is 1.12 bits per heavy atom. The molecule has 0 aliphatic carbocycles. The molecule has 1 heterocycles. The van der Waals surface area contributed by atoms with E-state index in [1.54, 1.807) is 0 Å². The van der Waals surface area contributed by atoms with Crippen LogP contribution in [0.25, 0.3) is 21.8 Å². The Kier molecular flexibility index (Phi) is 1.96. The second-order valence-corrected chi connectivity index (χ2v) is 4.39. The van der Waals surface area contributed by atoms with Crippen LogP contribution in [-0.4, -0.2) is 4.57 Å². The van der Waals surface area contributed by atoms with Crippen molar-refractivity contribution >= 4 is 21.8 Å². The van der Waals surface area contributed by atoms with Gasteiger partial charge in [0.15, 0.2) is 0 Å². The first-order chi connectivity index (χ1) is 8.22. The highest BCUT2D eigenvalue weighted by Crippen LogP contribution is 2.30. The molecule has 17 heavy (non-hydrogen) atoms. The topological polar surface area (TPSA) is 28.7 Å². The van der Waals surface area contributed by atoms with E-state index in [4.69, 9.17) is 0 Å². The number of rotatable bonds is 0.